The predicted octanol–water partition coefficient (Wildman–Crippen LogP) is 0.438. The minimum absolute atomic E-state index is 0.334. The Bertz CT molecular complexity index is 280. The Morgan fingerprint density at radius 1 is 1.69 bits per heavy atom. The average molecular weight is 183 g/mol. The number of imidazole rings is 1. The third-order valence-electron chi connectivity index (χ3n) is 2.37. The molecule has 0 saturated heterocycles. The molecule has 1 aromatic rings. The van der Waals surface area contributed by atoms with Crippen LogP contribution in [0, 0.1) is 5.41 Å². The van der Waals surface area contributed by atoms with E-state index in [1.54, 1.807) is 6.20 Å². The van der Waals surface area contributed by atoms with E-state index in [1.165, 1.54) is 0 Å². The number of rotatable bonds is 3. The minimum atomic E-state index is -0.613. The van der Waals surface area contributed by atoms with Crippen LogP contribution >= 0.6 is 0 Å². The van der Waals surface area contributed by atoms with E-state index in [0.29, 0.717) is 12.4 Å². The van der Waals surface area contributed by atoms with Crippen LogP contribution in [0.2, 0.25) is 0 Å². The lowest BCUT2D eigenvalue weighted by Gasteiger charge is -2.28. The second-order valence-electron chi connectivity index (χ2n) is 3.99. The SMILES string of the molecule is Cn1ccnc1C(O)C(C)(C)CN. The van der Waals surface area contributed by atoms with Crippen LogP contribution in [-0.2, 0) is 7.05 Å². The van der Waals surface area contributed by atoms with Crippen molar-refractivity contribution in [3.05, 3.63) is 18.2 Å². The van der Waals surface area contributed by atoms with E-state index in [1.807, 2.05) is 31.7 Å². The maximum atomic E-state index is 9.95. The molecule has 0 bridgehead atoms. The Labute approximate surface area is 78.4 Å². The number of aliphatic hydroxyl groups is 1. The highest BCUT2D eigenvalue weighted by molar-refractivity contribution is 5.00. The zero-order chi connectivity index (χ0) is 10.1. The van der Waals surface area contributed by atoms with E-state index in [0.717, 1.165) is 0 Å². The van der Waals surface area contributed by atoms with Crippen molar-refractivity contribution in [2.24, 2.45) is 18.2 Å². The van der Waals surface area contributed by atoms with Gasteiger partial charge in [-0.25, -0.2) is 4.98 Å². The van der Waals surface area contributed by atoms with Gasteiger partial charge in [0, 0.05) is 31.4 Å². The molecule has 1 rings (SSSR count). The zero-order valence-electron chi connectivity index (χ0n) is 8.36. The van der Waals surface area contributed by atoms with Crippen LogP contribution in [0.4, 0.5) is 0 Å². The molecule has 0 amide bonds. The molecule has 3 N–H and O–H groups in total. The summed E-state index contributed by atoms with van der Waals surface area (Å²) in [6.45, 7) is 4.28. The van der Waals surface area contributed by atoms with Crippen LogP contribution in [0.15, 0.2) is 12.4 Å². The molecule has 4 heteroatoms. The van der Waals surface area contributed by atoms with Crippen molar-refractivity contribution in [3.8, 4) is 0 Å². The summed E-state index contributed by atoms with van der Waals surface area (Å²) in [6.07, 6.45) is 2.87. The number of aromatic nitrogens is 2. The van der Waals surface area contributed by atoms with Gasteiger partial charge in [0.25, 0.3) is 0 Å². The first-order valence-electron chi connectivity index (χ1n) is 4.34. The average Bonchev–Trinajstić information content (AvgIpc) is 2.50. The molecular weight excluding hydrogens is 166 g/mol. The third-order valence-corrected chi connectivity index (χ3v) is 2.37. The number of aryl methyl sites for hydroxylation is 1. The molecule has 13 heavy (non-hydrogen) atoms. The smallest absolute Gasteiger partial charge is 0.137 e. The van der Waals surface area contributed by atoms with E-state index in [9.17, 15) is 5.11 Å². The molecule has 74 valence electrons. The van der Waals surface area contributed by atoms with Gasteiger partial charge >= 0.3 is 0 Å². The first-order chi connectivity index (χ1) is 5.99. The Morgan fingerprint density at radius 2 is 2.31 bits per heavy atom. The quantitative estimate of drug-likeness (QED) is 0.714. The van der Waals surface area contributed by atoms with Crippen LogP contribution < -0.4 is 5.73 Å². The van der Waals surface area contributed by atoms with Gasteiger partial charge in [-0.15, -0.1) is 0 Å². The lowest BCUT2D eigenvalue weighted by atomic mass is 9.86. The van der Waals surface area contributed by atoms with Crippen molar-refractivity contribution in [3.63, 3.8) is 0 Å². The van der Waals surface area contributed by atoms with Crippen molar-refractivity contribution < 1.29 is 5.11 Å². The highest BCUT2D eigenvalue weighted by Gasteiger charge is 2.30. The Balaban J connectivity index is 2.91. The standard InChI is InChI=1S/C9H17N3O/c1-9(2,6-10)7(13)8-11-4-5-12(8)3/h4-5,7,13H,6,10H2,1-3H3. The molecule has 0 aliphatic heterocycles. The lowest BCUT2D eigenvalue weighted by Crippen LogP contribution is -2.32. The van der Waals surface area contributed by atoms with Crippen molar-refractivity contribution >= 4 is 0 Å². The Morgan fingerprint density at radius 3 is 2.69 bits per heavy atom. The molecular formula is C9H17N3O. The molecule has 4 nitrogen and oxygen atoms in total. The van der Waals surface area contributed by atoms with Crippen LogP contribution in [0.3, 0.4) is 0 Å². The summed E-state index contributed by atoms with van der Waals surface area (Å²) in [6, 6.07) is 0. The lowest BCUT2D eigenvalue weighted by molar-refractivity contribution is 0.0457. The highest BCUT2D eigenvalue weighted by atomic mass is 16.3. The van der Waals surface area contributed by atoms with Gasteiger partial charge in [0.1, 0.15) is 11.9 Å². The summed E-state index contributed by atoms with van der Waals surface area (Å²) < 4.78 is 1.81. The van der Waals surface area contributed by atoms with E-state index >= 15 is 0 Å². The van der Waals surface area contributed by atoms with E-state index < -0.39 is 6.10 Å². The van der Waals surface area contributed by atoms with Gasteiger partial charge in [-0.05, 0) is 0 Å². The Kier molecular flexibility index (Phi) is 2.73. The Hall–Kier alpha value is -0.870. The fourth-order valence-corrected chi connectivity index (χ4v) is 1.10. The van der Waals surface area contributed by atoms with E-state index in [4.69, 9.17) is 5.73 Å². The fourth-order valence-electron chi connectivity index (χ4n) is 1.10. The molecule has 1 aromatic heterocycles. The summed E-state index contributed by atoms with van der Waals surface area (Å²) in [7, 11) is 1.86. The molecule has 0 fully saturated rings. The van der Waals surface area contributed by atoms with Gasteiger partial charge in [0.15, 0.2) is 0 Å². The monoisotopic (exact) mass is 183 g/mol. The van der Waals surface area contributed by atoms with Gasteiger partial charge in [-0.2, -0.15) is 0 Å². The van der Waals surface area contributed by atoms with Crippen LogP contribution in [-0.4, -0.2) is 21.2 Å². The van der Waals surface area contributed by atoms with Gasteiger partial charge in [-0.1, -0.05) is 13.8 Å². The van der Waals surface area contributed by atoms with Crippen molar-refractivity contribution in [2.45, 2.75) is 20.0 Å². The summed E-state index contributed by atoms with van der Waals surface area (Å²) in [5, 5.41) is 9.95. The largest absolute Gasteiger partial charge is 0.385 e. The summed E-state index contributed by atoms with van der Waals surface area (Å²) in [5.41, 5.74) is 5.23. The molecule has 0 radical (unpaired) electrons. The molecule has 0 aliphatic carbocycles. The maximum absolute atomic E-state index is 9.95. The first kappa shape index (κ1) is 10.2. The third kappa shape index (κ3) is 1.89. The van der Waals surface area contributed by atoms with Crippen molar-refractivity contribution in [1.82, 2.24) is 9.55 Å². The number of nitrogens with two attached hydrogens (primary N) is 1. The molecule has 1 unspecified atom stereocenters. The topological polar surface area (TPSA) is 64.1 Å². The van der Waals surface area contributed by atoms with E-state index in [-0.39, 0.29) is 5.41 Å². The van der Waals surface area contributed by atoms with Crippen molar-refractivity contribution in [1.29, 1.82) is 0 Å². The fraction of sp³-hybridized carbons (Fsp3) is 0.667. The van der Waals surface area contributed by atoms with Crippen molar-refractivity contribution in [2.75, 3.05) is 6.54 Å². The second-order valence-corrected chi connectivity index (χ2v) is 3.99. The first-order valence-corrected chi connectivity index (χ1v) is 4.34. The number of hydrogen-bond acceptors (Lipinski definition) is 3. The predicted molar refractivity (Wildman–Crippen MR) is 51.0 cm³/mol. The molecule has 1 heterocycles. The second kappa shape index (κ2) is 3.47. The van der Waals surface area contributed by atoms with Crippen LogP contribution in [0.1, 0.15) is 25.8 Å². The van der Waals surface area contributed by atoms with Gasteiger partial charge in [0.05, 0.1) is 0 Å². The molecule has 0 aromatic carbocycles. The summed E-state index contributed by atoms with van der Waals surface area (Å²) in [5.74, 6) is 0.662. The van der Waals surface area contributed by atoms with Gasteiger partial charge < -0.3 is 15.4 Å². The zero-order valence-corrected chi connectivity index (χ0v) is 8.36. The number of aliphatic hydroxyl groups excluding tert-OH is 1. The highest BCUT2D eigenvalue weighted by Crippen LogP contribution is 2.30. The van der Waals surface area contributed by atoms with Crippen LogP contribution in [0.25, 0.3) is 0 Å². The maximum Gasteiger partial charge on any atom is 0.137 e. The van der Waals surface area contributed by atoms with Gasteiger partial charge in [0.2, 0.25) is 0 Å². The van der Waals surface area contributed by atoms with Gasteiger partial charge in [-0.3, -0.25) is 0 Å². The van der Waals surface area contributed by atoms with Crippen LogP contribution in [0.5, 0.6) is 0 Å². The molecule has 1 atom stereocenters. The summed E-state index contributed by atoms with van der Waals surface area (Å²) >= 11 is 0. The summed E-state index contributed by atoms with van der Waals surface area (Å²) in [4.78, 5) is 4.09. The number of nitrogens with zero attached hydrogens (tertiary/aromatic N) is 2. The molecule has 0 spiro atoms. The molecule has 0 saturated carbocycles. The molecule has 0 aliphatic rings. The van der Waals surface area contributed by atoms with E-state index in [2.05, 4.69) is 4.98 Å². The minimum Gasteiger partial charge on any atom is -0.385 e. The number of hydrogen-bond donors (Lipinski definition) is 2. The normalized spacial score (nSPS) is 14.5.